The molecule has 0 spiro atoms. The lowest BCUT2D eigenvalue weighted by atomic mass is 9.93. The van der Waals surface area contributed by atoms with Crippen LogP contribution >= 0.6 is 11.8 Å². The van der Waals surface area contributed by atoms with E-state index in [0.29, 0.717) is 18.6 Å². The number of hydrogen-bond acceptors (Lipinski definition) is 3. The van der Waals surface area contributed by atoms with Gasteiger partial charge in [-0.3, -0.25) is 4.79 Å². The lowest BCUT2D eigenvalue weighted by Gasteiger charge is -2.27. The van der Waals surface area contributed by atoms with Crippen LogP contribution in [0.1, 0.15) is 32.3 Å². The van der Waals surface area contributed by atoms with Crippen molar-refractivity contribution in [3.8, 4) is 0 Å². The number of carboxylic acids is 1. The fourth-order valence-corrected chi connectivity index (χ4v) is 2.72. The van der Waals surface area contributed by atoms with Crippen molar-refractivity contribution in [2.24, 2.45) is 0 Å². The second kappa shape index (κ2) is 8.02. The molecule has 0 heterocycles. The third-order valence-electron chi connectivity index (χ3n) is 3.41. The van der Waals surface area contributed by atoms with Crippen molar-refractivity contribution in [2.75, 3.05) is 5.75 Å². The maximum absolute atomic E-state index is 12.7. The van der Waals surface area contributed by atoms with E-state index in [0.717, 1.165) is 5.56 Å². The molecule has 0 aromatic heterocycles. The van der Waals surface area contributed by atoms with Crippen molar-refractivity contribution < 1.29 is 19.1 Å². The van der Waals surface area contributed by atoms with Gasteiger partial charge in [0.05, 0.1) is 5.75 Å². The molecule has 2 N–H and O–H groups in total. The molecule has 0 radical (unpaired) electrons. The first-order chi connectivity index (χ1) is 9.93. The molecule has 1 amide bonds. The van der Waals surface area contributed by atoms with Gasteiger partial charge >= 0.3 is 5.97 Å². The van der Waals surface area contributed by atoms with E-state index in [9.17, 15) is 19.1 Å². The van der Waals surface area contributed by atoms with Crippen LogP contribution in [0.4, 0.5) is 4.39 Å². The summed E-state index contributed by atoms with van der Waals surface area (Å²) in [6, 6.07) is 6.08. The van der Waals surface area contributed by atoms with Crippen molar-refractivity contribution in [1.29, 1.82) is 0 Å². The second-order valence-electron chi connectivity index (χ2n) is 4.76. The van der Waals surface area contributed by atoms with Gasteiger partial charge in [-0.1, -0.05) is 26.0 Å². The Balaban J connectivity index is 2.46. The summed E-state index contributed by atoms with van der Waals surface area (Å²) in [4.78, 5) is 23.2. The van der Waals surface area contributed by atoms with Gasteiger partial charge in [-0.25, -0.2) is 9.18 Å². The summed E-state index contributed by atoms with van der Waals surface area (Å²) in [5.74, 6) is -0.852. The number of amides is 1. The maximum Gasteiger partial charge on any atom is 0.329 e. The quantitative estimate of drug-likeness (QED) is 0.774. The first-order valence-electron chi connectivity index (χ1n) is 6.80. The van der Waals surface area contributed by atoms with Gasteiger partial charge in [0.15, 0.2) is 0 Å². The molecule has 1 aromatic carbocycles. The first kappa shape index (κ1) is 17.5. The van der Waals surface area contributed by atoms with E-state index < -0.39 is 11.5 Å². The van der Waals surface area contributed by atoms with Crippen LogP contribution < -0.4 is 5.32 Å². The van der Waals surface area contributed by atoms with Crippen LogP contribution in [0.3, 0.4) is 0 Å². The predicted octanol–water partition coefficient (Wildman–Crippen LogP) is 2.82. The third-order valence-corrected chi connectivity index (χ3v) is 4.41. The number of rotatable bonds is 8. The van der Waals surface area contributed by atoms with Crippen LogP contribution in [-0.2, 0) is 15.3 Å². The van der Waals surface area contributed by atoms with Crippen LogP contribution in [0.25, 0.3) is 0 Å². The Labute approximate surface area is 128 Å². The Kier molecular flexibility index (Phi) is 6.68. The van der Waals surface area contributed by atoms with Gasteiger partial charge in [-0.05, 0) is 30.5 Å². The summed E-state index contributed by atoms with van der Waals surface area (Å²) in [6.07, 6.45) is 0.681. The van der Waals surface area contributed by atoms with E-state index in [4.69, 9.17) is 0 Å². The molecule has 0 fully saturated rings. The van der Waals surface area contributed by atoms with Crippen molar-refractivity contribution in [3.63, 3.8) is 0 Å². The van der Waals surface area contributed by atoms with Crippen molar-refractivity contribution in [1.82, 2.24) is 5.32 Å². The summed E-state index contributed by atoms with van der Waals surface area (Å²) in [5.41, 5.74) is -0.266. The molecule has 0 aliphatic heterocycles. The Hall–Kier alpha value is -1.56. The Morgan fingerprint density at radius 2 is 1.81 bits per heavy atom. The molecule has 0 unspecified atom stereocenters. The van der Waals surface area contributed by atoms with Crippen LogP contribution in [-0.4, -0.2) is 28.3 Å². The Morgan fingerprint density at radius 3 is 2.29 bits per heavy atom. The summed E-state index contributed by atoms with van der Waals surface area (Å²) in [7, 11) is 0. The minimum atomic E-state index is -1.19. The lowest BCUT2D eigenvalue weighted by molar-refractivity contribution is -0.147. The minimum Gasteiger partial charge on any atom is -0.480 e. The molecule has 21 heavy (non-hydrogen) atoms. The van der Waals surface area contributed by atoms with Gasteiger partial charge in [0.1, 0.15) is 11.4 Å². The van der Waals surface area contributed by atoms with Gasteiger partial charge in [0, 0.05) is 5.75 Å². The molecule has 6 heteroatoms. The highest BCUT2D eigenvalue weighted by molar-refractivity contribution is 7.99. The molecule has 0 aliphatic carbocycles. The molecular formula is C15H20FNO3S. The van der Waals surface area contributed by atoms with E-state index in [-0.39, 0.29) is 17.5 Å². The van der Waals surface area contributed by atoms with Gasteiger partial charge < -0.3 is 10.4 Å². The fraction of sp³-hybridized carbons (Fsp3) is 0.467. The minimum absolute atomic E-state index is 0.173. The van der Waals surface area contributed by atoms with Crippen molar-refractivity contribution >= 4 is 23.6 Å². The van der Waals surface area contributed by atoms with Gasteiger partial charge in [0.2, 0.25) is 5.91 Å². The topological polar surface area (TPSA) is 66.4 Å². The highest BCUT2D eigenvalue weighted by Gasteiger charge is 2.36. The predicted molar refractivity (Wildman–Crippen MR) is 81.7 cm³/mol. The van der Waals surface area contributed by atoms with Crippen LogP contribution in [0.5, 0.6) is 0 Å². The Morgan fingerprint density at radius 1 is 1.24 bits per heavy atom. The number of carbonyl (C=O) groups excluding carboxylic acids is 1. The highest BCUT2D eigenvalue weighted by Crippen LogP contribution is 2.17. The van der Waals surface area contributed by atoms with Gasteiger partial charge in [-0.15, -0.1) is 11.8 Å². The molecule has 116 valence electrons. The zero-order chi connectivity index (χ0) is 15.9. The summed E-state index contributed by atoms with van der Waals surface area (Å²) in [5, 5.41) is 11.9. The number of halogens is 1. The largest absolute Gasteiger partial charge is 0.480 e. The van der Waals surface area contributed by atoms with Crippen LogP contribution in [0.2, 0.25) is 0 Å². The zero-order valence-electron chi connectivity index (χ0n) is 12.2. The monoisotopic (exact) mass is 313 g/mol. The Bertz CT molecular complexity index is 486. The number of aliphatic carboxylic acids is 1. The number of benzene rings is 1. The molecule has 0 saturated heterocycles. The molecular weight excluding hydrogens is 293 g/mol. The second-order valence-corrected chi connectivity index (χ2v) is 5.75. The average molecular weight is 313 g/mol. The number of hydrogen-bond donors (Lipinski definition) is 2. The number of thioether (sulfide) groups is 1. The third kappa shape index (κ3) is 5.04. The maximum atomic E-state index is 12.7. The van der Waals surface area contributed by atoms with Crippen LogP contribution in [0.15, 0.2) is 24.3 Å². The zero-order valence-corrected chi connectivity index (χ0v) is 13.0. The molecule has 0 bridgehead atoms. The lowest BCUT2D eigenvalue weighted by Crippen LogP contribution is -2.54. The average Bonchev–Trinajstić information content (AvgIpc) is 2.46. The van der Waals surface area contributed by atoms with Gasteiger partial charge in [-0.2, -0.15) is 0 Å². The van der Waals surface area contributed by atoms with E-state index in [2.05, 4.69) is 5.32 Å². The fourth-order valence-electron chi connectivity index (χ4n) is 1.93. The summed E-state index contributed by atoms with van der Waals surface area (Å²) in [6.45, 7) is 3.48. The number of carbonyl (C=O) groups is 2. The summed E-state index contributed by atoms with van der Waals surface area (Å²) >= 11 is 1.37. The number of carboxylic acid groups (broad SMARTS) is 1. The van der Waals surface area contributed by atoms with E-state index in [1.54, 1.807) is 26.0 Å². The molecule has 0 aliphatic rings. The number of nitrogens with one attached hydrogen (secondary N) is 1. The van der Waals surface area contributed by atoms with E-state index >= 15 is 0 Å². The first-order valence-corrected chi connectivity index (χ1v) is 7.95. The van der Waals surface area contributed by atoms with Crippen molar-refractivity contribution in [2.45, 2.75) is 38.0 Å². The smallest absolute Gasteiger partial charge is 0.329 e. The normalized spacial score (nSPS) is 11.2. The van der Waals surface area contributed by atoms with E-state index in [1.807, 2.05) is 0 Å². The highest BCUT2D eigenvalue weighted by atomic mass is 32.2. The molecule has 4 nitrogen and oxygen atoms in total. The van der Waals surface area contributed by atoms with Crippen molar-refractivity contribution in [3.05, 3.63) is 35.6 Å². The van der Waals surface area contributed by atoms with Crippen LogP contribution in [0, 0.1) is 5.82 Å². The molecule has 0 saturated carbocycles. The van der Waals surface area contributed by atoms with E-state index in [1.165, 1.54) is 23.9 Å². The SMILES string of the molecule is CCC(CC)(NC(=O)CSCc1ccc(F)cc1)C(=O)O. The molecule has 1 aromatic rings. The van der Waals surface area contributed by atoms with Gasteiger partial charge in [0.25, 0.3) is 0 Å². The summed E-state index contributed by atoms with van der Waals surface area (Å²) < 4.78 is 12.7. The standard InChI is InChI=1S/C15H20FNO3S/c1-3-15(4-2,14(19)20)17-13(18)10-21-9-11-5-7-12(16)8-6-11/h5-8H,3-4,9-10H2,1-2H3,(H,17,18)(H,19,20). The molecule has 1 rings (SSSR count). The molecule has 0 atom stereocenters.